The Labute approximate surface area is 200 Å². The lowest BCUT2D eigenvalue weighted by atomic mass is 10.1. The Kier molecular flexibility index (Phi) is 7.87. The van der Waals surface area contributed by atoms with Crippen molar-refractivity contribution in [3.8, 4) is 11.5 Å². The van der Waals surface area contributed by atoms with E-state index >= 15 is 0 Å². The zero-order valence-corrected chi connectivity index (χ0v) is 19.6. The van der Waals surface area contributed by atoms with Gasteiger partial charge in [-0.1, -0.05) is 42.3 Å². The van der Waals surface area contributed by atoms with Gasteiger partial charge in [-0.15, -0.1) is 0 Å². The molecule has 0 bridgehead atoms. The Morgan fingerprint density at radius 3 is 2.45 bits per heavy atom. The van der Waals surface area contributed by atoms with Crippen LogP contribution in [0.25, 0.3) is 0 Å². The molecule has 1 amide bonds. The standard InChI is InChI=1S/C27H29ClN2O3/c1-32-25-14-11-21(17-22(25)19-33-26-8-4-3-7-24(26)28)27(31)29-23-12-9-20(10-13-23)18-30-15-5-2-6-16-30/h3-4,7-14,17H,2,5-6,15-16,18-19H2,1H3,(H,29,31). The number of nitrogens with zero attached hydrogens (tertiary/aromatic N) is 1. The normalized spacial score (nSPS) is 14.0. The third-order valence-corrected chi connectivity index (χ3v) is 6.14. The Morgan fingerprint density at radius 2 is 1.73 bits per heavy atom. The van der Waals surface area contributed by atoms with Crippen molar-refractivity contribution in [3.63, 3.8) is 0 Å². The highest BCUT2D eigenvalue weighted by atomic mass is 35.5. The largest absolute Gasteiger partial charge is 0.496 e. The Morgan fingerprint density at radius 1 is 0.970 bits per heavy atom. The smallest absolute Gasteiger partial charge is 0.255 e. The fraction of sp³-hybridized carbons (Fsp3) is 0.296. The minimum Gasteiger partial charge on any atom is -0.496 e. The molecular formula is C27H29ClN2O3. The summed E-state index contributed by atoms with van der Waals surface area (Å²) in [5, 5.41) is 3.52. The number of para-hydroxylation sites is 1. The molecule has 3 aromatic rings. The van der Waals surface area contributed by atoms with Gasteiger partial charge in [-0.05, 0) is 74.0 Å². The number of amides is 1. The number of halogens is 1. The summed E-state index contributed by atoms with van der Waals surface area (Å²) in [7, 11) is 1.60. The Bertz CT molecular complexity index is 1080. The fourth-order valence-electron chi connectivity index (χ4n) is 4.02. The van der Waals surface area contributed by atoms with Gasteiger partial charge < -0.3 is 14.8 Å². The van der Waals surface area contributed by atoms with Crippen LogP contribution in [0.15, 0.2) is 66.7 Å². The third-order valence-electron chi connectivity index (χ3n) is 5.83. The first-order chi connectivity index (χ1) is 16.1. The molecule has 1 aliphatic heterocycles. The Balaban J connectivity index is 1.40. The summed E-state index contributed by atoms with van der Waals surface area (Å²) in [6, 6.07) is 20.7. The summed E-state index contributed by atoms with van der Waals surface area (Å²) >= 11 is 6.18. The van der Waals surface area contributed by atoms with Crippen molar-refractivity contribution in [1.29, 1.82) is 0 Å². The Hall–Kier alpha value is -3.02. The maximum absolute atomic E-state index is 12.9. The number of methoxy groups -OCH3 is 1. The molecule has 0 atom stereocenters. The number of benzene rings is 3. The maximum atomic E-state index is 12.9. The third kappa shape index (κ3) is 6.28. The highest BCUT2D eigenvalue weighted by Crippen LogP contribution is 2.27. The molecule has 0 aliphatic carbocycles. The SMILES string of the molecule is COc1ccc(C(=O)Nc2ccc(CN3CCCCC3)cc2)cc1COc1ccccc1Cl. The van der Waals surface area contributed by atoms with Crippen LogP contribution in [-0.2, 0) is 13.2 Å². The van der Waals surface area contributed by atoms with Crippen LogP contribution in [0.3, 0.4) is 0 Å². The number of piperidine rings is 1. The number of carbonyl (C=O) groups excluding carboxylic acids is 1. The predicted octanol–water partition coefficient (Wildman–Crippen LogP) is 6.17. The van der Waals surface area contributed by atoms with E-state index in [1.165, 1.54) is 37.9 Å². The van der Waals surface area contributed by atoms with Gasteiger partial charge in [0.15, 0.2) is 0 Å². The first-order valence-electron chi connectivity index (χ1n) is 11.3. The number of anilines is 1. The number of hydrogen-bond donors (Lipinski definition) is 1. The van der Waals surface area contributed by atoms with Crippen molar-refractivity contribution >= 4 is 23.2 Å². The summed E-state index contributed by atoms with van der Waals surface area (Å²) in [6.07, 6.45) is 3.89. The molecule has 5 nitrogen and oxygen atoms in total. The molecule has 6 heteroatoms. The van der Waals surface area contributed by atoms with Gasteiger partial charge in [0.25, 0.3) is 5.91 Å². The van der Waals surface area contributed by atoms with E-state index in [9.17, 15) is 4.79 Å². The molecule has 3 aromatic carbocycles. The van der Waals surface area contributed by atoms with Gasteiger partial charge in [0.05, 0.1) is 12.1 Å². The van der Waals surface area contributed by atoms with Crippen LogP contribution in [0.5, 0.6) is 11.5 Å². The lowest BCUT2D eigenvalue weighted by Crippen LogP contribution is -2.29. The summed E-state index contributed by atoms with van der Waals surface area (Å²) in [5.74, 6) is 1.06. The molecular weight excluding hydrogens is 436 g/mol. The number of ether oxygens (including phenoxy) is 2. The molecule has 1 heterocycles. The van der Waals surface area contributed by atoms with Gasteiger partial charge >= 0.3 is 0 Å². The highest BCUT2D eigenvalue weighted by Gasteiger charge is 2.13. The van der Waals surface area contributed by atoms with E-state index < -0.39 is 0 Å². The van der Waals surface area contributed by atoms with Crippen LogP contribution >= 0.6 is 11.6 Å². The minimum absolute atomic E-state index is 0.180. The summed E-state index contributed by atoms with van der Waals surface area (Å²) in [5.41, 5.74) is 3.33. The van der Waals surface area contributed by atoms with E-state index in [1.807, 2.05) is 24.3 Å². The molecule has 1 saturated heterocycles. The lowest BCUT2D eigenvalue weighted by molar-refractivity contribution is 0.102. The zero-order chi connectivity index (χ0) is 23.0. The number of nitrogens with one attached hydrogen (secondary N) is 1. The molecule has 0 spiro atoms. The number of rotatable bonds is 8. The van der Waals surface area contributed by atoms with Crippen molar-refractivity contribution in [2.24, 2.45) is 0 Å². The van der Waals surface area contributed by atoms with Crippen molar-refractivity contribution in [2.75, 3.05) is 25.5 Å². The monoisotopic (exact) mass is 464 g/mol. The molecule has 1 fully saturated rings. The summed E-state index contributed by atoms with van der Waals surface area (Å²) in [4.78, 5) is 15.4. The molecule has 4 rings (SSSR count). The van der Waals surface area contributed by atoms with Crippen molar-refractivity contribution in [3.05, 3.63) is 88.4 Å². The first kappa shape index (κ1) is 23.1. The van der Waals surface area contributed by atoms with Gasteiger partial charge in [-0.3, -0.25) is 9.69 Å². The average molecular weight is 465 g/mol. The number of hydrogen-bond acceptors (Lipinski definition) is 4. The van der Waals surface area contributed by atoms with Crippen LogP contribution in [0.2, 0.25) is 5.02 Å². The average Bonchev–Trinajstić information content (AvgIpc) is 2.85. The van der Waals surface area contributed by atoms with E-state index in [1.54, 1.807) is 37.4 Å². The molecule has 0 saturated carbocycles. The van der Waals surface area contributed by atoms with Crippen LogP contribution in [-0.4, -0.2) is 31.0 Å². The van der Waals surface area contributed by atoms with Gasteiger partial charge in [0, 0.05) is 23.4 Å². The molecule has 0 radical (unpaired) electrons. The van der Waals surface area contributed by atoms with Crippen molar-refractivity contribution < 1.29 is 14.3 Å². The van der Waals surface area contributed by atoms with E-state index in [-0.39, 0.29) is 12.5 Å². The molecule has 172 valence electrons. The minimum atomic E-state index is -0.180. The highest BCUT2D eigenvalue weighted by molar-refractivity contribution is 6.32. The van der Waals surface area contributed by atoms with Crippen LogP contribution < -0.4 is 14.8 Å². The second-order valence-electron chi connectivity index (χ2n) is 8.23. The molecule has 1 N–H and O–H groups in total. The molecule has 33 heavy (non-hydrogen) atoms. The number of carbonyl (C=O) groups is 1. The van der Waals surface area contributed by atoms with Crippen molar-refractivity contribution in [2.45, 2.75) is 32.4 Å². The van der Waals surface area contributed by atoms with Gasteiger partial charge in [0.2, 0.25) is 0 Å². The predicted molar refractivity (Wildman–Crippen MR) is 132 cm³/mol. The van der Waals surface area contributed by atoms with Crippen molar-refractivity contribution in [1.82, 2.24) is 4.90 Å². The quantitative estimate of drug-likeness (QED) is 0.433. The summed E-state index contributed by atoms with van der Waals surface area (Å²) in [6.45, 7) is 3.53. The molecule has 1 aliphatic rings. The summed E-state index contributed by atoms with van der Waals surface area (Å²) < 4.78 is 11.3. The van der Waals surface area contributed by atoms with Gasteiger partial charge in [-0.25, -0.2) is 0 Å². The lowest BCUT2D eigenvalue weighted by Gasteiger charge is -2.26. The van der Waals surface area contributed by atoms with Gasteiger partial charge in [0.1, 0.15) is 18.1 Å². The van der Waals surface area contributed by atoms with Crippen LogP contribution in [0.1, 0.15) is 40.7 Å². The first-order valence-corrected chi connectivity index (χ1v) is 11.7. The van der Waals surface area contributed by atoms with E-state index in [0.717, 1.165) is 17.8 Å². The van der Waals surface area contributed by atoms with Crippen LogP contribution in [0, 0.1) is 0 Å². The molecule has 0 unspecified atom stereocenters. The zero-order valence-electron chi connectivity index (χ0n) is 18.9. The topological polar surface area (TPSA) is 50.8 Å². The second-order valence-corrected chi connectivity index (χ2v) is 8.64. The van der Waals surface area contributed by atoms with Crippen LogP contribution in [0.4, 0.5) is 5.69 Å². The molecule has 0 aromatic heterocycles. The second kappa shape index (κ2) is 11.2. The van der Waals surface area contributed by atoms with E-state index in [0.29, 0.717) is 22.1 Å². The van der Waals surface area contributed by atoms with E-state index in [2.05, 4.69) is 22.3 Å². The van der Waals surface area contributed by atoms with Gasteiger partial charge in [-0.2, -0.15) is 0 Å². The maximum Gasteiger partial charge on any atom is 0.255 e. The van der Waals surface area contributed by atoms with E-state index in [4.69, 9.17) is 21.1 Å². The number of likely N-dealkylation sites (tertiary alicyclic amines) is 1. The fourth-order valence-corrected chi connectivity index (χ4v) is 4.21.